The number of aromatic nitrogens is 2. The number of alkyl halides is 2. The number of halogens is 3. The first-order valence-corrected chi connectivity index (χ1v) is 15.0. The number of methoxy groups -OCH3 is 1. The number of pyridine rings is 2. The minimum absolute atomic E-state index is 0.120. The van der Waals surface area contributed by atoms with Gasteiger partial charge >= 0.3 is 6.29 Å². The molecule has 3 heterocycles. The van der Waals surface area contributed by atoms with E-state index >= 15 is 0 Å². The molecule has 13 heteroatoms. The first-order valence-electron chi connectivity index (χ1n) is 14.6. The van der Waals surface area contributed by atoms with Crippen molar-refractivity contribution in [3.63, 3.8) is 0 Å². The maximum absolute atomic E-state index is 13.8. The third kappa shape index (κ3) is 6.02. The zero-order chi connectivity index (χ0) is 32.9. The van der Waals surface area contributed by atoms with Crippen LogP contribution in [-0.4, -0.2) is 53.4 Å². The molecule has 0 radical (unpaired) electrons. The fraction of sp³-hybridized carbons (Fsp3) is 0.333. The number of carbonyl (C=O) groups excluding carboxylic acids is 2. The summed E-state index contributed by atoms with van der Waals surface area (Å²) in [6, 6.07) is 11.1. The van der Waals surface area contributed by atoms with Gasteiger partial charge in [-0.1, -0.05) is 11.6 Å². The summed E-state index contributed by atoms with van der Waals surface area (Å²) in [4.78, 5) is 35.3. The van der Waals surface area contributed by atoms with E-state index < -0.39 is 24.7 Å². The summed E-state index contributed by atoms with van der Waals surface area (Å²) < 4.78 is 42.2. The molecule has 2 atom stereocenters. The molecule has 2 unspecified atom stereocenters. The molecule has 1 fully saturated rings. The van der Waals surface area contributed by atoms with Crippen LogP contribution in [0.4, 0.5) is 8.78 Å². The highest BCUT2D eigenvalue weighted by Gasteiger charge is 2.43. The average Bonchev–Trinajstić information content (AvgIpc) is 3.79. The molecular weight excluding hydrogens is 622 g/mol. The van der Waals surface area contributed by atoms with Gasteiger partial charge in [0.05, 0.1) is 36.0 Å². The molecule has 46 heavy (non-hydrogen) atoms. The number of ether oxygens (including phenoxy) is 3. The smallest absolute Gasteiger partial charge is 0.494 e. The Labute approximate surface area is 267 Å². The van der Waals surface area contributed by atoms with Crippen molar-refractivity contribution in [2.24, 2.45) is 11.7 Å². The maximum atomic E-state index is 13.8. The van der Waals surface area contributed by atoms with E-state index in [2.05, 4.69) is 19.8 Å². The molecule has 4 N–H and O–H groups in total. The van der Waals surface area contributed by atoms with Gasteiger partial charge in [0.2, 0.25) is 5.91 Å². The number of primary amides is 1. The number of fused-ring (bicyclic) bond motifs is 2. The second-order valence-electron chi connectivity index (χ2n) is 11.5. The van der Waals surface area contributed by atoms with E-state index in [9.17, 15) is 23.5 Å². The molecule has 2 aliphatic rings. The molecule has 2 amide bonds. The highest BCUT2D eigenvalue weighted by Crippen LogP contribution is 2.46. The number of nitrogens with two attached hydrogens (primary N) is 1. The molecule has 2 aromatic carbocycles. The number of aliphatic hydroxyl groups excluding tert-OH is 1. The van der Waals surface area contributed by atoms with Crippen LogP contribution in [0.3, 0.4) is 0 Å². The standard InChI is InChI=1S/C33H31ClF2N4O6/c1-15-21(23(14-41)31(37)42)12-25(40-29(15)18-6-7-26-27(10-18)46-33(35,36)45-26)22(17-4-5-17)13-38-32(43)20-8-19-9-24(34)16(2)39-30(19)28(11-20)44-3/h6-12,17,22-23,41H,4-5,13-14H2,1-3H3,(H2,37,42)(H,38,43). The predicted octanol–water partition coefficient (Wildman–Crippen LogP) is 5.38. The molecule has 0 bridgehead atoms. The van der Waals surface area contributed by atoms with Crippen LogP contribution >= 0.6 is 11.6 Å². The molecule has 0 saturated heterocycles. The zero-order valence-corrected chi connectivity index (χ0v) is 26.0. The van der Waals surface area contributed by atoms with Gasteiger partial charge in [-0.2, -0.15) is 0 Å². The van der Waals surface area contributed by atoms with Gasteiger partial charge in [0.1, 0.15) is 11.3 Å². The van der Waals surface area contributed by atoms with Gasteiger partial charge < -0.3 is 30.4 Å². The fourth-order valence-electron chi connectivity index (χ4n) is 5.84. The Balaban J connectivity index is 1.36. The molecule has 1 saturated carbocycles. The molecule has 1 aliphatic heterocycles. The third-order valence-electron chi connectivity index (χ3n) is 8.46. The lowest BCUT2D eigenvalue weighted by atomic mass is 9.88. The summed E-state index contributed by atoms with van der Waals surface area (Å²) >= 11 is 6.30. The van der Waals surface area contributed by atoms with Gasteiger partial charge in [0.15, 0.2) is 11.5 Å². The highest BCUT2D eigenvalue weighted by atomic mass is 35.5. The summed E-state index contributed by atoms with van der Waals surface area (Å²) in [5.74, 6) is -2.06. The number of rotatable bonds is 10. The molecule has 240 valence electrons. The second-order valence-corrected chi connectivity index (χ2v) is 11.9. The topological polar surface area (TPSA) is 146 Å². The van der Waals surface area contributed by atoms with Crippen molar-refractivity contribution in [1.82, 2.24) is 15.3 Å². The Kier molecular flexibility index (Phi) is 8.20. The number of hydrogen-bond donors (Lipinski definition) is 3. The van der Waals surface area contributed by atoms with Crippen LogP contribution in [0, 0.1) is 19.8 Å². The Morgan fingerprint density at radius 3 is 2.54 bits per heavy atom. The minimum atomic E-state index is -3.80. The number of benzene rings is 2. The van der Waals surface area contributed by atoms with Gasteiger partial charge in [-0.05, 0) is 86.2 Å². The van der Waals surface area contributed by atoms with E-state index in [1.165, 1.54) is 19.2 Å². The zero-order valence-electron chi connectivity index (χ0n) is 25.2. The van der Waals surface area contributed by atoms with Crippen molar-refractivity contribution in [1.29, 1.82) is 0 Å². The average molecular weight is 653 g/mol. The monoisotopic (exact) mass is 652 g/mol. The fourth-order valence-corrected chi connectivity index (χ4v) is 6.00. The van der Waals surface area contributed by atoms with Gasteiger partial charge in [-0.3, -0.25) is 14.6 Å². The van der Waals surface area contributed by atoms with Crippen LogP contribution in [0.2, 0.25) is 5.02 Å². The summed E-state index contributed by atoms with van der Waals surface area (Å²) in [5.41, 5.74) is 9.62. The van der Waals surface area contributed by atoms with E-state index in [-0.39, 0.29) is 35.8 Å². The van der Waals surface area contributed by atoms with Gasteiger partial charge in [0, 0.05) is 34.7 Å². The molecule has 4 aromatic rings. The van der Waals surface area contributed by atoms with Gasteiger partial charge in [0.25, 0.3) is 5.91 Å². The summed E-state index contributed by atoms with van der Waals surface area (Å²) in [6.45, 7) is 3.17. The van der Waals surface area contributed by atoms with E-state index in [4.69, 9.17) is 27.1 Å². The lowest BCUT2D eigenvalue weighted by molar-refractivity contribution is -0.286. The van der Waals surface area contributed by atoms with E-state index in [0.29, 0.717) is 61.0 Å². The Bertz CT molecular complexity index is 1880. The number of aryl methyl sites for hydroxylation is 1. The van der Waals surface area contributed by atoms with Crippen LogP contribution in [0.15, 0.2) is 42.5 Å². The number of nitrogens with one attached hydrogen (secondary N) is 1. The number of hydrogen-bond acceptors (Lipinski definition) is 8. The molecular formula is C33H31ClF2N4O6. The molecule has 1 aliphatic carbocycles. The van der Waals surface area contributed by atoms with Crippen molar-refractivity contribution in [3.8, 4) is 28.5 Å². The lowest BCUT2D eigenvalue weighted by Crippen LogP contribution is -2.30. The number of nitrogens with zero attached hydrogens (tertiary/aromatic N) is 2. The van der Waals surface area contributed by atoms with Crippen molar-refractivity contribution >= 4 is 34.3 Å². The second kappa shape index (κ2) is 12.0. The summed E-state index contributed by atoms with van der Waals surface area (Å²) in [6.07, 6.45) is -2.00. The van der Waals surface area contributed by atoms with Crippen LogP contribution in [0.1, 0.15) is 57.6 Å². The van der Waals surface area contributed by atoms with Crippen LogP contribution < -0.4 is 25.3 Å². The third-order valence-corrected chi connectivity index (χ3v) is 8.84. The van der Waals surface area contributed by atoms with E-state index in [0.717, 1.165) is 12.8 Å². The molecule has 10 nitrogen and oxygen atoms in total. The largest absolute Gasteiger partial charge is 0.586 e. The van der Waals surface area contributed by atoms with Crippen molar-refractivity contribution in [2.75, 3.05) is 20.3 Å². The Hall–Kier alpha value is -4.55. The number of aliphatic hydroxyl groups is 1. The van der Waals surface area contributed by atoms with Crippen LogP contribution in [-0.2, 0) is 4.79 Å². The first kappa shape index (κ1) is 31.4. The summed E-state index contributed by atoms with van der Waals surface area (Å²) in [7, 11) is 1.50. The van der Waals surface area contributed by atoms with Crippen molar-refractivity contribution < 1.29 is 37.7 Å². The normalized spacial score (nSPS) is 16.2. The van der Waals surface area contributed by atoms with Gasteiger partial charge in [-0.15, -0.1) is 8.78 Å². The number of amides is 2. The maximum Gasteiger partial charge on any atom is 0.586 e. The van der Waals surface area contributed by atoms with Crippen molar-refractivity contribution in [2.45, 2.75) is 44.8 Å². The molecule has 6 rings (SSSR count). The van der Waals surface area contributed by atoms with E-state index in [1.54, 1.807) is 44.2 Å². The highest BCUT2D eigenvalue weighted by molar-refractivity contribution is 6.31. The van der Waals surface area contributed by atoms with E-state index in [1.807, 2.05) is 0 Å². The Morgan fingerprint density at radius 1 is 1.13 bits per heavy atom. The van der Waals surface area contributed by atoms with Crippen LogP contribution in [0.25, 0.3) is 22.2 Å². The first-order chi connectivity index (χ1) is 21.9. The quantitative estimate of drug-likeness (QED) is 0.207. The van der Waals surface area contributed by atoms with Crippen LogP contribution in [0.5, 0.6) is 17.2 Å². The number of carbonyl (C=O) groups is 2. The lowest BCUT2D eigenvalue weighted by Gasteiger charge is -2.23. The van der Waals surface area contributed by atoms with Gasteiger partial charge in [-0.25, -0.2) is 4.98 Å². The Morgan fingerprint density at radius 2 is 1.87 bits per heavy atom. The SMILES string of the molecule is COc1cc(C(=O)NCC(c2cc(C(CO)C(N)=O)c(C)c(-c3ccc4c(c3)OC(F)(F)O4)n2)C2CC2)cc2cc(Cl)c(C)nc12. The van der Waals surface area contributed by atoms with Crippen molar-refractivity contribution in [3.05, 3.63) is 75.6 Å². The summed E-state index contributed by atoms with van der Waals surface area (Å²) in [5, 5.41) is 14.2. The predicted molar refractivity (Wildman–Crippen MR) is 165 cm³/mol. The minimum Gasteiger partial charge on any atom is -0.494 e. The molecule has 2 aromatic heterocycles. The molecule has 0 spiro atoms.